The monoisotopic (exact) mass is 261 g/mol. The molecule has 0 rings (SSSR count). The number of ether oxygens (including phenoxy) is 2. The van der Waals surface area contributed by atoms with Crippen LogP contribution in [0.15, 0.2) is 0 Å². The lowest BCUT2D eigenvalue weighted by molar-refractivity contribution is 0.0546. The van der Waals surface area contributed by atoms with Crippen LogP contribution in [0.5, 0.6) is 0 Å². The molecule has 0 heterocycles. The molecule has 110 valence electrons. The number of aliphatic hydroxyl groups is 1. The zero-order chi connectivity index (χ0) is 14.2. The molecule has 0 fully saturated rings. The van der Waals surface area contributed by atoms with E-state index < -0.39 is 6.10 Å². The summed E-state index contributed by atoms with van der Waals surface area (Å²) in [5.41, 5.74) is 0.347. The topological polar surface area (TPSA) is 50.7 Å². The number of hydrogen-bond donors (Lipinski definition) is 2. The minimum atomic E-state index is -0.433. The van der Waals surface area contributed by atoms with E-state index in [4.69, 9.17) is 9.47 Å². The molecule has 0 amide bonds. The van der Waals surface area contributed by atoms with E-state index in [9.17, 15) is 5.11 Å². The molecule has 0 spiro atoms. The highest BCUT2D eigenvalue weighted by Gasteiger charge is 2.28. The molecule has 0 aromatic rings. The molecule has 0 radical (unpaired) electrons. The van der Waals surface area contributed by atoms with Crippen molar-refractivity contribution >= 4 is 0 Å². The largest absolute Gasteiger partial charge is 0.389 e. The SMILES string of the molecule is COCC(O)CNCC(C)(C)CC(C)(C)COC. The molecule has 0 saturated heterocycles. The lowest BCUT2D eigenvalue weighted by Crippen LogP contribution is -2.39. The fraction of sp³-hybridized carbons (Fsp3) is 1.00. The summed E-state index contributed by atoms with van der Waals surface area (Å²) in [5, 5.41) is 12.9. The van der Waals surface area contributed by atoms with Crippen LogP contribution in [0.25, 0.3) is 0 Å². The summed E-state index contributed by atoms with van der Waals surface area (Å²) in [4.78, 5) is 0. The Labute approximate surface area is 112 Å². The predicted octanol–water partition coefficient (Wildman–Crippen LogP) is 1.67. The van der Waals surface area contributed by atoms with Gasteiger partial charge in [0, 0.05) is 27.3 Å². The Kier molecular flexibility index (Phi) is 8.03. The fourth-order valence-corrected chi connectivity index (χ4v) is 2.63. The smallest absolute Gasteiger partial charge is 0.0897 e. The molecule has 1 atom stereocenters. The Balaban J connectivity index is 3.99. The molecule has 0 aliphatic rings. The van der Waals surface area contributed by atoms with E-state index in [1.54, 1.807) is 14.2 Å². The maximum absolute atomic E-state index is 9.56. The van der Waals surface area contributed by atoms with Gasteiger partial charge in [-0.1, -0.05) is 27.7 Å². The van der Waals surface area contributed by atoms with Gasteiger partial charge in [0.1, 0.15) is 0 Å². The molecular weight excluding hydrogens is 230 g/mol. The third kappa shape index (κ3) is 8.86. The quantitative estimate of drug-likeness (QED) is 0.628. The average molecular weight is 261 g/mol. The van der Waals surface area contributed by atoms with Gasteiger partial charge in [0.15, 0.2) is 0 Å². The van der Waals surface area contributed by atoms with Crippen molar-refractivity contribution in [2.24, 2.45) is 10.8 Å². The van der Waals surface area contributed by atoms with Gasteiger partial charge in [0.25, 0.3) is 0 Å². The second-order valence-corrected chi connectivity index (χ2v) is 6.68. The van der Waals surface area contributed by atoms with Gasteiger partial charge < -0.3 is 19.9 Å². The summed E-state index contributed by atoms with van der Waals surface area (Å²) in [5.74, 6) is 0. The van der Waals surface area contributed by atoms with Gasteiger partial charge in [0.05, 0.1) is 19.3 Å². The summed E-state index contributed by atoms with van der Waals surface area (Å²) >= 11 is 0. The average Bonchev–Trinajstić information content (AvgIpc) is 2.15. The molecule has 0 aromatic heterocycles. The van der Waals surface area contributed by atoms with Crippen LogP contribution in [0, 0.1) is 10.8 Å². The second kappa shape index (κ2) is 8.10. The van der Waals surface area contributed by atoms with Crippen LogP contribution in [0.2, 0.25) is 0 Å². The van der Waals surface area contributed by atoms with Gasteiger partial charge in [-0.15, -0.1) is 0 Å². The summed E-state index contributed by atoms with van der Waals surface area (Å²) < 4.78 is 10.1. The van der Waals surface area contributed by atoms with Crippen molar-refractivity contribution < 1.29 is 14.6 Å². The number of methoxy groups -OCH3 is 2. The van der Waals surface area contributed by atoms with Crippen molar-refractivity contribution in [3.8, 4) is 0 Å². The van der Waals surface area contributed by atoms with Gasteiger partial charge in [-0.25, -0.2) is 0 Å². The highest BCUT2D eigenvalue weighted by molar-refractivity contribution is 4.81. The number of nitrogens with one attached hydrogen (secondary N) is 1. The highest BCUT2D eigenvalue weighted by Crippen LogP contribution is 2.33. The maximum atomic E-state index is 9.56. The zero-order valence-electron chi connectivity index (χ0n) is 12.9. The molecule has 2 N–H and O–H groups in total. The van der Waals surface area contributed by atoms with Crippen LogP contribution in [0.3, 0.4) is 0 Å². The Bertz CT molecular complexity index is 217. The minimum absolute atomic E-state index is 0.172. The van der Waals surface area contributed by atoms with Crippen molar-refractivity contribution in [3.05, 3.63) is 0 Å². The summed E-state index contributed by atoms with van der Waals surface area (Å²) in [7, 11) is 3.34. The van der Waals surface area contributed by atoms with Gasteiger partial charge in [-0.2, -0.15) is 0 Å². The summed E-state index contributed by atoms with van der Waals surface area (Å²) in [6.07, 6.45) is 0.638. The standard InChI is InChI=1S/C14H31NO3/c1-13(2,9-14(3,4)11-18-6)10-15-7-12(16)8-17-5/h12,15-16H,7-11H2,1-6H3. The van der Waals surface area contributed by atoms with Crippen LogP contribution in [-0.2, 0) is 9.47 Å². The normalized spacial score (nSPS) is 14.8. The van der Waals surface area contributed by atoms with E-state index in [0.717, 1.165) is 19.6 Å². The summed E-state index contributed by atoms with van der Waals surface area (Å²) in [6.45, 7) is 11.5. The van der Waals surface area contributed by atoms with Crippen molar-refractivity contribution in [2.75, 3.05) is 40.5 Å². The predicted molar refractivity (Wildman–Crippen MR) is 74.8 cm³/mol. The first-order chi connectivity index (χ1) is 8.22. The Morgan fingerprint density at radius 2 is 1.67 bits per heavy atom. The van der Waals surface area contributed by atoms with Crippen molar-refractivity contribution in [3.63, 3.8) is 0 Å². The number of aliphatic hydroxyl groups excluding tert-OH is 1. The fourth-order valence-electron chi connectivity index (χ4n) is 2.63. The molecule has 0 aromatic carbocycles. The van der Waals surface area contributed by atoms with Gasteiger partial charge in [-0.3, -0.25) is 0 Å². The van der Waals surface area contributed by atoms with E-state index in [1.165, 1.54) is 0 Å². The first kappa shape index (κ1) is 17.8. The van der Waals surface area contributed by atoms with E-state index in [1.807, 2.05) is 0 Å². The molecule has 0 aliphatic heterocycles. The van der Waals surface area contributed by atoms with Crippen LogP contribution in [0.1, 0.15) is 34.1 Å². The highest BCUT2D eigenvalue weighted by atomic mass is 16.5. The second-order valence-electron chi connectivity index (χ2n) is 6.68. The van der Waals surface area contributed by atoms with E-state index in [-0.39, 0.29) is 10.8 Å². The number of hydrogen-bond acceptors (Lipinski definition) is 4. The van der Waals surface area contributed by atoms with Crippen LogP contribution >= 0.6 is 0 Å². The molecule has 4 nitrogen and oxygen atoms in total. The summed E-state index contributed by atoms with van der Waals surface area (Å²) in [6, 6.07) is 0. The van der Waals surface area contributed by atoms with Crippen molar-refractivity contribution in [1.29, 1.82) is 0 Å². The van der Waals surface area contributed by atoms with E-state index in [0.29, 0.717) is 13.2 Å². The maximum Gasteiger partial charge on any atom is 0.0897 e. The molecule has 0 aliphatic carbocycles. The first-order valence-electron chi connectivity index (χ1n) is 6.59. The molecule has 1 unspecified atom stereocenters. The minimum Gasteiger partial charge on any atom is -0.389 e. The van der Waals surface area contributed by atoms with Crippen LogP contribution < -0.4 is 5.32 Å². The van der Waals surface area contributed by atoms with Gasteiger partial charge >= 0.3 is 0 Å². The molecular formula is C14H31NO3. The van der Waals surface area contributed by atoms with Crippen molar-refractivity contribution in [2.45, 2.75) is 40.2 Å². The Morgan fingerprint density at radius 1 is 1.06 bits per heavy atom. The Hall–Kier alpha value is -0.160. The molecule has 0 bridgehead atoms. The molecule has 0 saturated carbocycles. The lowest BCUT2D eigenvalue weighted by atomic mass is 9.75. The Morgan fingerprint density at radius 3 is 2.17 bits per heavy atom. The third-order valence-electron chi connectivity index (χ3n) is 2.83. The van der Waals surface area contributed by atoms with Crippen molar-refractivity contribution in [1.82, 2.24) is 5.32 Å². The van der Waals surface area contributed by atoms with Crippen LogP contribution in [0.4, 0.5) is 0 Å². The third-order valence-corrected chi connectivity index (χ3v) is 2.83. The first-order valence-corrected chi connectivity index (χ1v) is 6.59. The molecule has 4 heteroatoms. The van der Waals surface area contributed by atoms with E-state index >= 15 is 0 Å². The van der Waals surface area contributed by atoms with Gasteiger partial charge in [-0.05, 0) is 17.3 Å². The lowest BCUT2D eigenvalue weighted by Gasteiger charge is -2.35. The zero-order valence-corrected chi connectivity index (χ0v) is 12.9. The van der Waals surface area contributed by atoms with Crippen LogP contribution in [-0.4, -0.2) is 51.7 Å². The van der Waals surface area contributed by atoms with Gasteiger partial charge in [0.2, 0.25) is 0 Å². The van der Waals surface area contributed by atoms with E-state index in [2.05, 4.69) is 33.0 Å². The number of rotatable bonds is 10. The molecule has 18 heavy (non-hydrogen) atoms.